The molecule has 7 heteroatoms. The zero-order valence-corrected chi connectivity index (χ0v) is 17.9. The van der Waals surface area contributed by atoms with Crippen LogP contribution in [-0.2, 0) is 11.2 Å². The van der Waals surface area contributed by atoms with E-state index in [9.17, 15) is 23.1 Å². The number of hydrogen-bond acceptors (Lipinski definition) is 3. The zero-order chi connectivity index (χ0) is 22.7. The first-order valence-corrected chi connectivity index (χ1v) is 9.99. The quantitative estimate of drug-likeness (QED) is 0.593. The maximum absolute atomic E-state index is 13.8. The van der Waals surface area contributed by atoms with Crippen molar-refractivity contribution in [2.24, 2.45) is 11.3 Å². The first kappa shape index (κ1) is 23.9. The third kappa shape index (κ3) is 5.81. The van der Waals surface area contributed by atoms with Crippen LogP contribution in [0.25, 0.3) is 17.0 Å². The SMILES string of the molecule is CCc1ccc2ccc(/C=C/C(C)(C)C(NC(C(=O)O)C(C)C)C(F)(F)F)cc2n1. The van der Waals surface area contributed by atoms with Gasteiger partial charge < -0.3 is 5.11 Å². The lowest BCUT2D eigenvalue weighted by atomic mass is 9.82. The van der Waals surface area contributed by atoms with Crippen molar-refractivity contribution in [1.82, 2.24) is 10.3 Å². The lowest BCUT2D eigenvalue weighted by Gasteiger charge is -2.36. The molecule has 2 aromatic rings. The number of halogens is 3. The lowest BCUT2D eigenvalue weighted by Crippen LogP contribution is -2.58. The second-order valence-corrected chi connectivity index (χ2v) is 8.46. The summed E-state index contributed by atoms with van der Waals surface area (Å²) in [5.41, 5.74) is 1.08. The number of pyridine rings is 1. The van der Waals surface area contributed by atoms with Crippen LogP contribution < -0.4 is 5.32 Å². The number of hydrogen-bond donors (Lipinski definition) is 2. The fraction of sp³-hybridized carbons (Fsp3) is 0.478. The molecule has 2 rings (SSSR count). The van der Waals surface area contributed by atoms with Crippen molar-refractivity contribution in [3.8, 4) is 0 Å². The van der Waals surface area contributed by atoms with Gasteiger partial charge in [0.15, 0.2) is 0 Å². The monoisotopic (exact) mass is 422 g/mol. The minimum Gasteiger partial charge on any atom is -0.480 e. The molecule has 164 valence electrons. The third-order valence-corrected chi connectivity index (χ3v) is 5.19. The lowest BCUT2D eigenvalue weighted by molar-refractivity contribution is -0.178. The van der Waals surface area contributed by atoms with Gasteiger partial charge in [0.05, 0.1) is 5.52 Å². The summed E-state index contributed by atoms with van der Waals surface area (Å²) in [5.74, 6) is -1.79. The van der Waals surface area contributed by atoms with Gasteiger partial charge in [-0.05, 0) is 30.0 Å². The van der Waals surface area contributed by atoms with Gasteiger partial charge >= 0.3 is 12.1 Å². The molecule has 2 N–H and O–H groups in total. The van der Waals surface area contributed by atoms with Crippen LogP contribution in [0.15, 0.2) is 36.4 Å². The molecule has 0 aliphatic heterocycles. The maximum atomic E-state index is 13.8. The number of carboxylic acid groups (broad SMARTS) is 1. The summed E-state index contributed by atoms with van der Waals surface area (Å²) in [6, 6.07) is 6.15. The molecule has 0 fully saturated rings. The van der Waals surface area contributed by atoms with E-state index < -0.39 is 35.6 Å². The van der Waals surface area contributed by atoms with Crippen LogP contribution in [-0.4, -0.2) is 34.3 Å². The number of carbonyl (C=O) groups is 1. The van der Waals surface area contributed by atoms with Crippen LogP contribution in [0.5, 0.6) is 0 Å². The highest BCUT2D eigenvalue weighted by atomic mass is 19.4. The molecule has 0 amide bonds. The van der Waals surface area contributed by atoms with Gasteiger partial charge in [0.25, 0.3) is 0 Å². The average Bonchev–Trinajstić information content (AvgIpc) is 2.64. The van der Waals surface area contributed by atoms with Crippen LogP contribution in [0.3, 0.4) is 0 Å². The first-order valence-electron chi connectivity index (χ1n) is 9.99. The number of rotatable bonds is 8. The number of carboxylic acids is 1. The van der Waals surface area contributed by atoms with E-state index in [1.807, 2.05) is 37.3 Å². The van der Waals surface area contributed by atoms with Crippen molar-refractivity contribution in [2.75, 3.05) is 0 Å². The van der Waals surface area contributed by atoms with Gasteiger partial charge in [-0.3, -0.25) is 15.1 Å². The summed E-state index contributed by atoms with van der Waals surface area (Å²) in [7, 11) is 0. The molecule has 1 aromatic carbocycles. The highest BCUT2D eigenvalue weighted by Crippen LogP contribution is 2.36. The number of aliphatic carboxylic acids is 1. The van der Waals surface area contributed by atoms with Crippen LogP contribution in [0.4, 0.5) is 13.2 Å². The standard InChI is InChI=1S/C23H29F3N2O2/c1-6-17-10-9-16-8-7-15(13-18(16)27-17)11-12-22(4,5)21(23(24,25)26)28-19(14(2)3)20(29)30/h7-14,19,21,28H,6H2,1-5H3,(H,29,30)/b12-11+. The maximum Gasteiger partial charge on any atom is 0.404 e. The molecule has 2 atom stereocenters. The third-order valence-electron chi connectivity index (χ3n) is 5.19. The van der Waals surface area contributed by atoms with Crippen LogP contribution >= 0.6 is 0 Å². The molecule has 1 heterocycles. The summed E-state index contributed by atoms with van der Waals surface area (Å²) in [4.78, 5) is 16.0. The van der Waals surface area contributed by atoms with E-state index in [-0.39, 0.29) is 0 Å². The number of aromatic nitrogens is 1. The van der Waals surface area contributed by atoms with Crippen molar-refractivity contribution in [2.45, 2.75) is 59.3 Å². The molecule has 2 unspecified atom stereocenters. The van der Waals surface area contributed by atoms with Gasteiger partial charge in [-0.25, -0.2) is 0 Å². The van der Waals surface area contributed by atoms with Gasteiger partial charge in [-0.2, -0.15) is 13.2 Å². The highest BCUT2D eigenvalue weighted by molar-refractivity contribution is 5.81. The van der Waals surface area contributed by atoms with E-state index in [1.165, 1.54) is 19.9 Å². The van der Waals surface area contributed by atoms with Crippen LogP contribution in [0, 0.1) is 11.3 Å². The first-order chi connectivity index (χ1) is 13.8. The largest absolute Gasteiger partial charge is 0.480 e. The molecule has 1 aromatic heterocycles. The molecular formula is C23H29F3N2O2. The smallest absolute Gasteiger partial charge is 0.404 e. The van der Waals surface area contributed by atoms with Gasteiger partial charge in [-0.15, -0.1) is 0 Å². The summed E-state index contributed by atoms with van der Waals surface area (Å²) in [6.07, 6.45) is -0.715. The summed E-state index contributed by atoms with van der Waals surface area (Å²) in [6.45, 7) is 8.06. The molecule has 0 aliphatic carbocycles. The van der Waals surface area contributed by atoms with E-state index in [0.29, 0.717) is 0 Å². The average molecular weight is 422 g/mol. The number of aryl methyl sites for hydroxylation is 1. The second kappa shape index (κ2) is 9.16. The van der Waals surface area contributed by atoms with E-state index in [2.05, 4.69) is 10.3 Å². The Morgan fingerprint density at radius 3 is 2.37 bits per heavy atom. The Morgan fingerprint density at radius 1 is 1.20 bits per heavy atom. The van der Waals surface area contributed by atoms with E-state index in [1.54, 1.807) is 19.9 Å². The fourth-order valence-electron chi connectivity index (χ4n) is 3.34. The van der Waals surface area contributed by atoms with E-state index >= 15 is 0 Å². The Hall–Kier alpha value is -2.41. The number of fused-ring (bicyclic) bond motifs is 1. The van der Waals surface area contributed by atoms with E-state index in [0.717, 1.165) is 28.6 Å². The summed E-state index contributed by atoms with van der Waals surface area (Å²) < 4.78 is 41.5. The molecular weight excluding hydrogens is 393 g/mol. The van der Waals surface area contributed by atoms with E-state index in [4.69, 9.17) is 0 Å². The Morgan fingerprint density at radius 2 is 1.83 bits per heavy atom. The predicted octanol–water partition coefficient (Wildman–Crippen LogP) is 5.47. The Labute approximate surface area is 175 Å². The van der Waals surface area contributed by atoms with Crippen molar-refractivity contribution in [3.05, 3.63) is 47.7 Å². The molecule has 0 bridgehead atoms. The van der Waals surface area contributed by atoms with Gasteiger partial charge in [0.2, 0.25) is 0 Å². The number of nitrogens with one attached hydrogen (secondary N) is 1. The molecule has 4 nitrogen and oxygen atoms in total. The zero-order valence-electron chi connectivity index (χ0n) is 17.9. The van der Waals surface area contributed by atoms with Crippen LogP contribution in [0.1, 0.15) is 45.9 Å². The second-order valence-electron chi connectivity index (χ2n) is 8.46. The molecule has 0 radical (unpaired) electrons. The van der Waals surface area contributed by atoms with Crippen molar-refractivity contribution >= 4 is 22.9 Å². The summed E-state index contributed by atoms with van der Waals surface area (Å²) in [5, 5.41) is 12.6. The summed E-state index contributed by atoms with van der Waals surface area (Å²) >= 11 is 0. The molecule has 30 heavy (non-hydrogen) atoms. The minimum atomic E-state index is -4.61. The van der Waals surface area contributed by atoms with Crippen LogP contribution in [0.2, 0.25) is 0 Å². The minimum absolute atomic E-state index is 0.494. The van der Waals surface area contributed by atoms with Crippen molar-refractivity contribution in [3.63, 3.8) is 0 Å². The van der Waals surface area contributed by atoms with Crippen molar-refractivity contribution < 1.29 is 23.1 Å². The number of nitrogens with zero attached hydrogens (tertiary/aromatic N) is 1. The Kier molecular flexibility index (Phi) is 7.29. The van der Waals surface area contributed by atoms with Crippen molar-refractivity contribution in [1.29, 1.82) is 0 Å². The van der Waals surface area contributed by atoms with Gasteiger partial charge in [-0.1, -0.05) is 65.0 Å². The normalized spacial score (nSPS) is 15.1. The molecule has 0 spiro atoms. The Balaban J connectivity index is 2.35. The predicted molar refractivity (Wildman–Crippen MR) is 113 cm³/mol. The molecule has 0 aliphatic rings. The molecule has 0 saturated carbocycles. The van der Waals surface area contributed by atoms with Gasteiger partial charge in [0, 0.05) is 16.5 Å². The molecule has 0 saturated heterocycles. The number of benzene rings is 1. The topological polar surface area (TPSA) is 62.2 Å². The Bertz CT molecular complexity index is 920. The van der Waals surface area contributed by atoms with Gasteiger partial charge in [0.1, 0.15) is 12.1 Å². The highest BCUT2D eigenvalue weighted by Gasteiger charge is 2.49. The fourth-order valence-corrected chi connectivity index (χ4v) is 3.34. The number of alkyl halides is 3.